The second-order valence-electron chi connectivity index (χ2n) is 7.83. The quantitative estimate of drug-likeness (QED) is 0.242. The Morgan fingerprint density at radius 1 is 0.897 bits per heavy atom. The molecule has 7 nitrogen and oxygen atoms in total. The molecule has 172 valence electrons. The first-order valence-electron chi connectivity index (χ1n) is 10.4. The molecule has 0 aromatic carbocycles. The van der Waals surface area contributed by atoms with E-state index in [1.165, 1.54) is 0 Å². The highest BCUT2D eigenvalue weighted by Gasteiger charge is 2.60. The van der Waals surface area contributed by atoms with Crippen LogP contribution in [0.15, 0.2) is 0 Å². The van der Waals surface area contributed by atoms with Gasteiger partial charge in [0.2, 0.25) is 4.75 Å². The molecule has 0 radical (unpaired) electrons. The van der Waals surface area contributed by atoms with Crippen LogP contribution in [0.1, 0.15) is 91.9 Å². The van der Waals surface area contributed by atoms with Crippen molar-refractivity contribution in [1.29, 1.82) is 0 Å². The zero-order chi connectivity index (χ0) is 22.0. The first-order valence-corrected chi connectivity index (χ1v) is 11.9. The Morgan fingerprint density at radius 2 is 1.34 bits per heavy atom. The molecule has 0 saturated heterocycles. The minimum Gasteiger partial charge on any atom is -0.481 e. The van der Waals surface area contributed by atoms with Crippen LogP contribution in [0.5, 0.6) is 0 Å². The van der Waals surface area contributed by atoms with Gasteiger partial charge in [-0.05, 0) is 24.7 Å². The largest absolute Gasteiger partial charge is 0.481 e. The van der Waals surface area contributed by atoms with E-state index in [4.69, 9.17) is 0 Å². The Balaban J connectivity index is 0. The minimum absolute atomic E-state index is 0. The fourth-order valence-corrected chi connectivity index (χ4v) is 5.18. The smallest absolute Gasteiger partial charge is 0.328 e. The summed E-state index contributed by atoms with van der Waals surface area (Å²) in [5, 5.41) is 19.7. The summed E-state index contributed by atoms with van der Waals surface area (Å²) in [7, 11) is -5.15. The fourth-order valence-electron chi connectivity index (χ4n) is 3.95. The second kappa shape index (κ2) is 14.4. The standard InChI is InChI=1S/C20H38O7S.Al.3H/c1-5-9-11-15(7-3)13-17(18(21)22)20(19(23)24,28(25,26)27)14-16(8-4)12-10-6-2;;;;/h15-17H,5-14H2,1-4H3,(H,21,22)(H,23,24)(H,25,26,27);;;;. The van der Waals surface area contributed by atoms with Gasteiger partial charge in [-0.2, -0.15) is 8.42 Å². The third-order valence-corrected chi connectivity index (χ3v) is 7.48. The van der Waals surface area contributed by atoms with Crippen molar-refractivity contribution in [3.8, 4) is 0 Å². The molecule has 9 heteroatoms. The highest BCUT2D eigenvalue weighted by Crippen LogP contribution is 2.41. The highest BCUT2D eigenvalue weighted by atomic mass is 32.2. The number of carboxylic acid groups (broad SMARTS) is 2. The Hall–Kier alpha value is -0.618. The lowest BCUT2D eigenvalue weighted by Crippen LogP contribution is -2.56. The lowest BCUT2D eigenvalue weighted by molar-refractivity contribution is -0.153. The molecule has 0 heterocycles. The highest BCUT2D eigenvalue weighted by molar-refractivity contribution is 7.88. The Bertz CT molecular complexity index is 594. The van der Waals surface area contributed by atoms with Crippen LogP contribution in [-0.4, -0.2) is 57.2 Å². The molecule has 0 aromatic rings. The van der Waals surface area contributed by atoms with Crippen molar-refractivity contribution in [2.24, 2.45) is 17.8 Å². The topological polar surface area (TPSA) is 129 Å². The molecule has 4 atom stereocenters. The summed E-state index contributed by atoms with van der Waals surface area (Å²) in [6.07, 6.45) is 5.37. The molecule has 0 fully saturated rings. The molecular weight excluding hydrogens is 411 g/mol. The van der Waals surface area contributed by atoms with Crippen LogP contribution in [0.25, 0.3) is 0 Å². The molecule has 0 spiro atoms. The van der Waals surface area contributed by atoms with E-state index in [2.05, 4.69) is 0 Å². The maximum Gasteiger partial charge on any atom is 0.328 e. The molecule has 0 aliphatic heterocycles. The molecule has 4 unspecified atom stereocenters. The lowest BCUT2D eigenvalue weighted by Gasteiger charge is -2.36. The van der Waals surface area contributed by atoms with E-state index in [0.29, 0.717) is 25.7 Å². The number of unbranched alkanes of at least 4 members (excludes halogenated alkanes) is 2. The number of rotatable bonds is 16. The summed E-state index contributed by atoms with van der Waals surface area (Å²) in [5.41, 5.74) is 0. The third-order valence-electron chi connectivity index (χ3n) is 5.93. The zero-order valence-corrected chi connectivity index (χ0v) is 18.5. The Kier molecular flexibility index (Phi) is 15.2. The molecule has 0 aliphatic rings. The van der Waals surface area contributed by atoms with Crippen LogP contribution in [-0.2, 0) is 19.7 Å². The van der Waals surface area contributed by atoms with E-state index in [-0.39, 0.29) is 35.6 Å². The third kappa shape index (κ3) is 8.57. The lowest BCUT2D eigenvalue weighted by atomic mass is 9.76. The van der Waals surface area contributed by atoms with Crippen molar-refractivity contribution in [3.63, 3.8) is 0 Å². The number of carboxylic acids is 2. The number of aliphatic carboxylic acids is 2. The van der Waals surface area contributed by atoms with Crippen LogP contribution < -0.4 is 0 Å². The SMILES string of the molecule is CCCCC(CC)CC(C(=O)O)C(CC(CC)CCCC)(C(=O)O)S(=O)(=O)O.[AlH3]. The molecular formula is C20H41AlO7S. The predicted octanol–water partition coefficient (Wildman–Crippen LogP) is 3.43. The fraction of sp³-hybridized carbons (Fsp3) is 0.900. The van der Waals surface area contributed by atoms with Crippen molar-refractivity contribution in [2.45, 2.75) is 96.7 Å². The van der Waals surface area contributed by atoms with E-state index in [0.717, 1.165) is 25.7 Å². The van der Waals surface area contributed by atoms with Gasteiger partial charge in [0.05, 0.1) is 5.92 Å². The average molecular weight is 453 g/mol. The van der Waals surface area contributed by atoms with Crippen LogP contribution in [0.2, 0.25) is 0 Å². The van der Waals surface area contributed by atoms with E-state index in [9.17, 15) is 32.8 Å². The van der Waals surface area contributed by atoms with Gasteiger partial charge in [-0.1, -0.05) is 79.1 Å². The molecule has 29 heavy (non-hydrogen) atoms. The predicted molar refractivity (Wildman–Crippen MR) is 119 cm³/mol. The van der Waals surface area contributed by atoms with Crippen LogP contribution in [0, 0.1) is 17.8 Å². The van der Waals surface area contributed by atoms with Gasteiger partial charge in [-0.15, -0.1) is 0 Å². The number of carbonyl (C=O) groups is 2. The summed E-state index contributed by atoms with van der Waals surface area (Å²) in [6, 6.07) is 0. The van der Waals surface area contributed by atoms with Gasteiger partial charge in [0.15, 0.2) is 17.4 Å². The molecule has 0 rings (SSSR count). The van der Waals surface area contributed by atoms with Crippen LogP contribution in [0.3, 0.4) is 0 Å². The maximum atomic E-state index is 12.4. The van der Waals surface area contributed by atoms with Crippen molar-refractivity contribution in [1.82, 2.24) is 0 Å². The van der Waals surface area contributed by atoms with E-state index >= 15 is 0 Å². The van der Waals surface area contributed by atoms with E-state index in [1.807, 2.05) is 27.7 Å². The van der Waals surface area contributed by atoms with Crippen molar-refractivity contribution >= 4 is 39.4 Å². The second-order valence-corrected chi connectivity index (χ2v) is 9.51. The van der Waals surface area contributed by atoms with Gasteiger partial charge >= 0.3 is 11.9 Å². The summed E-state index contributed by atoms with van der Waals surface area (Å²) >= 11 is 0. The molecule has 3 N–H and O–H groups in total. The van der Waals surface area contributed by atoms with Gasteiger partial charge < -0.3 is 10.2 Å². The zero-order valence-electron chi connectivity index (χ0n) is 17.7. The van der Waals surface area contributed by atoms with Crippen molar-refractivity contribution in [2.75, 3.05) is 0 Å². The van der Waals surface area contributed by atoms with Gasteiger partial charge in [0.25, 0.3) is 10.1 Å². The monoisotopic (exact) mass is 452 g/mol. The van der Waals surface area contributed by atoms with Crippen molar-refractivity contribution < 1.29 is 32.8 Å². The van der Waals surface area contributed by atoms with Crippen molar-refractivity contribution in [3.05, 3.63) is 0 Å². The van der Waals surface area contributed by atoms with Gasteiger partial charge in [0, 0.05) is 0 Å². The van der Waals surface area contributed by atoms with Crippen LogP contribution >= 0.6 is 0 Å². The van der Waals surface area contributed by atoms with Crippen LogP contribution in [0.4, 0.5) is 0 Å². The molecule has 0 aromatic heterocycles. The van der Waals surface area contributed by atoms with Gasteiger partial charge in [-0.3, -0.25) is 14.1 Å². The normalized spacial score (nSPS) is 16.9. The summed E-state index contributed by atoms with van der Waals surface area (Å²) in [5.74, 6) is -5.37. The maximum absolute atomic E-state index is 12.4. The first-order chi connectivity index (χ1) is 13.0. The Labute approximate surface area is 186 Å². The summed E-state index contributed by atoms with van der Waals surface area (Å²) < 4.78 is 32.0. The molecule has 0 bridgehead atoms. The Morgan fingerprint density at radius 3 is 1.66 bits per heavy atom. The average Bonchev–Trinajstić information content (AvgIpc) is 2.61. The van der Waals surface area contributed by atoms with Gasteiger partial charge in [-0.25, -0.2) is 0 Å². The number of hydrogen-bond donors (Lipinski definition) is 3. The first kappa shape index (κ1) is 30.6. The minimum atomic E-state index is -5.15. The molecule has 0 saturated carbocycles. The summed E-state index contributed by atoms with van der Waals surface area (Å²) in [6.45, 7) is 7.67. The van der Waals surface area contributed by atoms with E-state index < -0.39 is 39.1 Å². The molecule has 0 aliphatic carbocycles. The van der Waals surface area contributed by atoms with E-state index in [1.54, 1.807) is 0 Å². The van der Waals surface area contributed by atoms with Gasteiger partial charge in [0.1, 0.15) is 0 Å². The number of hydrogen-bond acceptors (Lipinski definition) is 4. The summed E-state index contributed by atoms with van der Waals surface area (Å²) in [4.78, 5) is 24.3. The molecule has 0 amide bonds.